The monoisotopic (exact) mass is 380 g/mol. The molecule has 3 aromatic heterocycles. The van der Waals surface area contributed by atoms with E-state index in [0.717, 1.165) is 35.6 Å². The maximum Gasteiger partial charge on any atom is 0.244 e. The van der Waals surface area contributed by atoms with Crippen molar-refractivity contribution in [1.82, 2.24) is 24.6 Å². The molecule has 0 aromatic carbocycles. The number of anilines is 4. The van der Waals surface area contributed by atoms with Gasteiger partial charge in [0, 0.05) is 19.3 Å². The zero-order chi connectivity index (χ0) is 19.1. The van der Waals surface area contributed by atoms with Crippen molar-refractivity contribution in [2.45, 2.75) is 25.8 Å². The highest BCUT2D eigenvalue weighted by Gasteiger charge is 2.31. The first-order chi connectivity index (χ1) is 13.7. The van der Waals surface area contributed by atoms with Gasteiger partial charge >= 0.3 is 0 Å². The summed E-state index contributed by atoms with van der Waals surface area (Å²) in [7, 11) is 0. The predicted octanol–water partition coefficient (Wildman–Crippen LogP) is 1.51. The van der Waals surface area contributed by atoms with Crippen LogP contribution in [0.5, 0.6) is 0 Å². The Labute approximate surface area is 160 Å². The van der Waals surface area contributed by atoms with Crippen LogP contribution < -0.4 is 15.5 Å². The molecule has 0 radical (unpaired) electrons. The van der Waals surface area contributed by atoms with Gasteiger partial charge in [-0.2, -0.15) is 10.1 Å². The first-order valence-electron chi connectivity index (χ1n) is 9.26. The Morgan fingerprint density at radius 3 is 3.00 bits per heavy atom. The number of nitrogens with one attached hydrogen (secondary N) is 2. The standard InChI is InChI=1S/C18H20N8O2/c1-11-6-15-20-10-21-26(15)8-14(11)23-18-19-7-13-17(24-18)25(9-16(27)22-13)12-2-4-28-5-3-12/h6-8,10,12H,2-5,9H2,1H3,(H,22,27)(H,19,23,24). The van der Waals surface area contributed by atoms with Crippen LogP contribution in [0.2, 0.25) is 0 Å². The van der Waals surface area contributed by atoms with Crippen molar-refractivity contribution >= 4 is 34.7 Å². The lowest BCUT2D eigenvalue weighted by atomic mass is 10.1. The number of carbonyl (C=O) groups excluding carboxylic acids is 1. The topological polar surface area (TPSA) is 110 Å². The second-order valence-corrected chi connectivity index (χ2v) is 7.01. The Kier molecular flexibility index (Phi) is 4.05. The van der Waals surface area contributed by atoms with Crippen LogP contribution in [0.4, 0.5) is 23.1 Å². The van der Waals surface area contributed by atoms with E-state index >= 15 is 0 Å². The van der Waals surface area contributed by atoms with E-state index in [1.165, 1.54) is 6.33 Å². The van der Waals surface area contributed by atoms with Gasteiger partial charge in [-0.05, 0) is 31.4 Å². The quantitative estimate of drug-likeness (QED) is 0.704. The Hall–Kier alpha value is -3.27. The third kappa shape index (κ3) is 3.01. The van der Waals surface area contributed by atoms with Crippen LogP contribution in [-0.2, 0) is 9.53 Å². The van der Waals surface area contributed by atoms with Gasteiger partial charge in [0.2, 0.25) is 11.9 Å². The Morgan fingerprint density at radius 1 is 1.29 bits per heavy atom. The SMILES string of the molecule is Cc1cc2ncnn2cc1Nc1ncc2c(n1)N(C1CCOCC1)CC(=O)N2. The smallest absolute Gasteiger partial charge is 0.244 e. The third-order valence-electron chi connectivity index (χ3n) is 5.13. The molecule has 2 aliphatic heterocycles. The lowest BCUT2D eigenvalue weighted by molar-refractivity contribution is -0.115. The van der Waals surface area contributed by atoms with Crippen molar-refractivity contribution in [3.05, 3.63) is 30.4 Å². The molecule has 0 aliphatic carbocycles. The number of fused-ring (bicyclic) bond motifs is 2. The molecule has 0 spiro atoms. The highest BCUT2D eigenvalue weighted by Crippen LogP contribution is 2.32. The largest absolute Gasteiger partial charge is 0.381 e. The Balaban J connectivity index is 1.48. The minimum absolute atomic E-state index is 0.0456. The Morgan fingerprint density at radius 2 is 2.14 bits per heavy atom. The van der Waals surface area contributed by atoms with E-state index in [4.69, 9.17) is 9.72 Å². The van der Waals surface area contributed by atoms with Crippen LogP contribution in [0.25, 0.3) is 5.65 Å². The normalized spacial score (nSPS) is 17.5. The summed E-state index contributed by atoms with van der Waals surface area (Å²) < 4.78 is 7.16. The molecule has 1 fully saturated rings. The zero-order valence-electron chi connectivity index (χ0n) is 15.4. The summed E-state index contributed by atoms with van der Waals surface area (Å²) in [6.07, 6.45) is 6.78. The number of amides is 1. The molecule has 0 atom stereocenters. The average Bonchev–Trinajstić information content (AvgIpc) is 3.15. The summed E-state index contributed by atoms with van der Waals surface area (Å²) in [6, 6.07) is 2.18. The molecule has 10 nitrogen and oxygen atoms in total. The first-order valence-corrected chi connectivity index (χ1v) is 9.26. The van der Waals surface area contributed by atoms with Crippen molar-refractivity contribution in [3.63, 3.8) is 0 Å². The molecule has 28 heavy (non-hydrogen) atoms. The maximum atomic E-state index is 12.1. The minimum atomic E-state index is -0.0456. The number of pyridine rings is 1. The molecule has 5 rings (SSSR count). The molecule has 0 unspecified atom stereocenters. The zero-order valence-corrected chi connectivity index (χ0v) is 15.4. The maximum absolute atomic E-state index is 12.1. The molecule has 10 heteroatoms. The van der Waals surface area contributed by atoms with E-state index in [2.05, 4.69) is 30.6 Å². The minimum Gasteiger partial charge on any atom is -0.381 e. The van der Waals surface area contributed by atoms with Crippen molar-refractivity contribution in [2.75, 3.05) is 35.3 Å². The van der Waals surface area contributed by atoms with Crippen molar-refractivity contribution in [2.24, 2.45) is 0 Å². The number of ether oxygens (including phenoxy) is 1. The van der Waals surface area contributed by atoms with Gasteiger partial charge in [0.05, 0.1) is 24.6 Å². The average molecular weight is 380 g/mol. The number of aryl methyl sites for hydroxylation is 1. The fourth-order valence-electron chi connectivity index (χ4n) is 3.67. The highest BCUT2D eigenvalue weighted by molar-refractivity contribution is 6.00. The van der Waals surface area contributed by atoms with Crippen molar-refractivity contribution in [1.29, 1.82) is 0 Å². The van der Waals surface area contributed by atoms with Gasteiger partial charge in [0.1, 0.15) is 12.0 Å². The van der Waals surface area contributed by atoms with Crippen LogP contribution in [0.15, 0.2) is 24.8 Å². The van der Waals surface area contributed by atoms with Crippen LogP contribution >= 0.6 is 0 Å². The van der Waals surface area contributed by atoms with Gasteiger partial charge in [-0.1, -0.05) is 0 Å². The van der Waals surface area contributed by atoms with Crippen LogP contribution in [-0.4, -0.2) is 56.3 Å². The van der Waals surface area contributed by atoms with Crippen LogP contribution in [0.3, 0.4) is 0 Å². The number of carbonyl (C=O) groups is 1. The van der Waals surface area contributed by atoms with Crippen LogP contribution in [0.1, 0.15) is 18.4 Å². The number of rotatable bonds is 3. The van der Waals surface area contributed by atoms with E-state index in [-0.39, 0.29) is 18.5 Å². The number of hydrogen-bond donors (Lipinski definition) is 2. The summed E-state index contributed by atoms with van der Waals surface area (Å²) in [4.78, 5) is 27.5. The fraction of sp³-hybridized carbons (Fsp3) is 0.389. The first kappa shape index (κ1) is 16.9. The van der Waals surface area contributed by atoms with Gasteiger partial charge < -0.3 is 20.3 Å². The van der Waals surface area contributed by atoms with Gasteiger partial charge in [-0.3, -0.25) is 4.79 Å². The number of nitrogens with zero attached hydrogens (tertiary/aromatic N) is 6. The van der Waals surface area contributed by atoms with E-state index in [0.29, 0.717) is 24.8 Å². The van der Waals surface area contributed by atoms with Crippen molar-refractivity contribution in [3.8, 4) is 0 Å². The summed E-state index contributed by atoms with van der Waals surface area (Å²) in [5.41, 5.74) is 3.27. The van der Waals surface area contributed by atoms with Gasteiger partial charge in [-0.15, -0.1) is 0 Å². The van der Waals surface area contributed by atoms with E-state index in [9.17, 15) is 4.79 Å². The molecular formula is C18H20N8O2. The molecule has 3 aromatic rings. The fourth-order valence-corrected chi connectivity index (χ4v) is 3.67. The molecule has 144 valence electrons. The number of hydrogen-bond acceptors (Lipinski definition) is 8. The van der Waals surface area contributed by atoms with Gasteiger partial charge in [-0.25, -0.2) is 14.5 Å². The highest BCUT2D eigenvalue weighted by atomic mass is 16.5. The lowest BCUT2D eigenvalue weighted by Gasteiger charge is -2.38. The molecule has 2 N–H and O–H groups in total. The van der Waals surface area contributed by atoms with Gasteiger partial charge in [0.25, 0.3) is 0 Å². The summed E-state index contributed by atoms with van der Waals surface area (Å²) in [5.74, 6) is 1.16. The second kappa shape index (κ2) is 6.71. The molecule has 2 aliphatic rings. The molecule has 0 saturated carbocycles. The molecule has 1 saturated heterocycles. The van der Waals surface area contributed by atoms with E-state index in [1.807, 2.05) is 19.2 Å². The van der Waals surface area contributed by atoms with Gasteiger partial charge in [0.15, 0.2) is 11.5 Å². The van der Waals surface area contributed by atoms with E-state index in [1.54, 1.807) is 10.7 Å². The number of aromatic nitrogens is 5. The molecule has 0 bridgehead atoms. The third-order valence-corrected chi connectivity index (χ3v) is 5.13. The molecule has 5 heterocycles. The Bertz CT molecular complexity index is 1040. The lowest BCUT2D eigenvalue weighted by Crippen LogP contribution is -2.47. The summed E-state index contributed by atoms with van der Waals surface area (Å²) in [6.45, 7) is 3.68. The second-order valence-electron chi connectivity index (χ2n) is 7.01. The summed E-state index contributed by atoms with van der Waals surface area (Å²) >= 11 is 0. The predicted molar refractivity (Wildman–Crippen MR) is 103 cm³/mol. The van der Waals surface area contributed by atoms with Crippen LogP contribution in [0, 0.1) is 6.92 Å². The van der Waals surface area contributed by atoms with E-state index < -0.39 is 0 Å². The molecule has 1 amide bonds. The van der Waals surface area contributed by atoms with Crippen molar-refractivity contribution < 1.29 is 9.53 Å². The molecular weight excluding hydrogens is 360 g/mol. The summed E-state index contributed by atoms with van der Waals surface area (Å²) in [5, 5.41) is 10.3.